The highest BCUT2D eigenvalue weighted by atomic mass is 32.2. The molecule has 2 N–H and O–H groups in total. The molecule has 2 fully saturated rings. The van der Waals surface area contributed by atoms with Crippen molar-refractivity contribution in [1.29, 1.82) is 0 Å². The fraction of sp³-hybridized carbons (Fsp3) is 0.800. The van der Waals surface area contributed by atoms with E-state index in [2.05, 4.69) is 9.44 Å². The molecule has 0 atom stereocenters. The van der Waals surface area contributed by atoms with Gasteiger partial charge in [0.25, 0.3) is 0 Å². The first-order valence-electron chi connectivity index (χ1n) is 6.35. The zero-order valence-electron chi connectivity index (χ0n) is 11.0. The Morgan fingerprint density at radius 3 is 1.45 bits per heavy atom. The highest BCUT2D eigenvalue weighted by Crippen LogP contribution is 2.09. The zero-order chi connectivity index (χ0) is 14.2. The van der Waals surface area contributed by atoms with Crippen molar-refractivity contribution in [1.82, 2.24) is 18.1 Å². The van der Waals surface area contributed by atoms with Crippen LogP contribution in [-0.4, -0.2) is 73.0 Å². The van der Waals surface area contributed by atoms with Crippen LogP contribution in [0.3, 0.4) is 0 Å². The van der Waals surface area contributed by atoms with E-state index in [4.69, 9.17) is 9.47 Å². The van der Waals surface area contributed by atoms with Gasteiger partial charge in [0.1, 0.15) is 0 Å². The van der Waals surface area contributed by atoms with Crippen molar-refractivity contribution in [2.45, 2.75) is 0 Å². The van der Waals surface area contributed by atoms with Gasteiger partial charge in [0.05, 0.1) is 26.4 Å². The zero-order valence-corrected chi connectivity index (χ0v) is 12.6. The van der Waals surface area contributed by atoms with Gasteiger partial charge in [-0.25, -0.2) is 8.61 Å². The number of hydrogen-bond donors (Lipinski definition) is 2. The molecular weight excluding hydrogens is 304 g/mol. The van der Waals surface area contributed by atoms with Gasteiger partial charge in [-0.05, 0) is 0 Å². The van der Waals surface area contributed by atoms with Crippen molar-refractivity contribution in [2.75, 3.05) is 52.6 Å². The first-order chi connectivity index (χ1) is 9.75. The van der Waals surface area contributed by atoms with E-state index in [1.54, 1.807) is 0 Å². The van der Waals surface area contributed by atoms with Crippen LogP contribution in [-0.2, 0) is 19.1 Å². The topological polar surface area (TPSA) is 83.1 Å². The molecule has 0 aromatic carbocycles. The molecule has 2 saturated heterocycles. The Bertz CT molecular complexity index is 303. The molecule has 0 saturated carbocycles. The maximum absolute atomic E-state index is 11.6. The molecule has 8 nitrogen and oxygen atoms in total. The number of ether oxygens (including phenoxy) is 2. The molecule has 2 amide bonds. The number of hydrogen-bond acceptors (Lipinski definition) is 8. The maximum atomic E-state index is 11.6. The van der Waals surface area contributed by atoms with Crippen LogP contribution in [0.1, 0.15) is 0 Å². The van der Waals surface area contributed by atoms with E-state index in [-0.39, 0.29) is 0 Å². The second-order valence-corrected chi connectivity index (χ2v) is 5.93. The average molecular weight is 322 g/mol. The summed E-state index contributed by atoms with van der Waals surface area (Å²) in [5.74, 6) is -1.30. The van der Waals surface area contributed by atoms with Crippen LogP contribution < -0.4 is 9.44 Å². The SMILES string of the molecule is O=C(NSN1CCOCC1)C(=O)NSN1CCOCC1. The predicted octanol–water partition coefficient (Wildman–Crippen LogP) is -0.990. The minimum absolute atomic E-state index is 0.641. The van der Waals surface area contributed by atoms with Gasteiger partial charge in [0.15, 0.2) is 0 Å². The lowest BCUT2D eigenvalue weighted by atomic mass is 10.5. The lowest BCUT2D eigenvalue weighted by Crippen LogP contribution is -2.41. The van der Waals surface area contributed by atoms with E-state index >= 15 is 0 Å². The summed E-state index contributed by atoms with van der Waals surface area (Å²) < 4.78 is 19.3. The fourth-order valence-electron chi connectivity index (χ4n) is 1.58. The second kappa shape index (κ2) is 8.70. The summed E-state index contributed by atoms with van der Waals surface area (Å²) in [7, 11) is 0. The summed E-state index contributed by atoms with van der Waals surface area (Å²) in [5, 5.41) is 0. The molecule has 2 rings (SSSR count). The Morgan fingerprint density at radius 1 is 0.750 bits per heavy atom. The van der Waals surface area contributed by atoms with Crippen LogP contribution in [0.5, 0.6) is 0 Å². The van der Waals surface area contributed by atoms with Gasteiger partial charge < -0.3 is 9.47 Å². The summed E-state index contributed by atoms with van der Waals surface area (Å²) >= 11 is 2.29. The van der Waals surface area contributed by atoms with Gasteiger partial charge in [-0.1, -0.05) is 0 Å². The fourth-order valence-corrected chi connectivity index (χ4v) is 2.85. The molecule has 0 aromatic heterocycles. The quantitative estimate of drug-likeness (QED) is 0.504. The van der Waals surface area contributed by atoms with Crippen LogP contribution in [0.2, 0.25) is 0 Å². The van der Waals surface area contributed by atoms with E-state index in [9.17, 15) is 9.59 Å². The Morgan fingerprint density at radius 2 is 1.10 bits per heavy atom. The summed E-state index contributed by atoms with van der Waals surface area (Å²) in [6, 6.07) is 0. The Hall–Kier alpha value is -0.520. The van der Waals surface area contributed by atoms with E-state index < -0.39 is 11.8 Å². The summed E-state index contributed by atoms with van der Waals surface area (Å²) in [4.78, 5) is 23.2. The Balaban J connectivity index is 1.59. The maximum Gasteiger partial charge on any atom is 0.321 e. The number of rotatable bonds is 4. The van der Waals surface area contributed by atoms with Crippen molar-refractivity contribution in [2.24, 2.45) is 0 Å². The monoisotopic (exact) mass is 322 g/mol. The average Bonchev–Trinajstić information content (AvgIpc) is 2.52. The summed E-state index contributed by atoms with van der Waals surface area (Å²) in [6.45, 7) is 5.49. The lowest BCUT2D eigenvalue weighted by molar-refractivity contribution is -0.136. The molecule has 10 heteroatoms. The molecule has 0 radical (unpaired) electrons. The number of morpholine rings is 2. The Labute approximate surface area is 126 Å². The van der Waals surface area contributed by atoms with Crippen LogP contribution in [0.25, 0.3) is 0 Å². The van der Waals surface area contributed by atoms with Crippen LogP contribution in [0.4, 0.5) is 0 Å². The second-order valence-electron chi connectivity index (χ2n) is 4.13. The minimum atomic E-state index is -0.651. The Kier molecular flexibility index (Phi) is 6.90. The molecule has 0 aromatic rings. The van der Waals surface area contributed by atoms with E-state index in [0.717, 1.165) is 50.4 Å². The van der Waals surface area contributed by atoms with Crippen LogP contribution in [0.15, 0.2) is 0 Å². The van der Waals surface area contributed by atoms with Crippen molar-refractivity contribution in [3.05, 3.63) is 0 Å². The van der Waals surface area contributed by atoms with Crippen molar-refractivity contribution < 1.29 is 19.1 Å². The van der Waals surface area contributed by atoms with E-state index in [1.807, 2.05) is 8.61 Å². The van der Waals surface area contributed by atoms with Gasteiger partial charge in [0.2, 0.25) is 0 Å². The number of carbonyl (C=O) groups is 2. The third-order valence-corrected chi connectivity index (χ3v) is 4.48. The van der Waals surface area contributed by atoms with Crippen molar-refractivity contribution >= 4 is 36.1 Å². The molecule has 0 aliphatic carbocycles. The van der Waals surface area contributed by atoms with Crippen LogP contribution >= 0.6 is 24.3 Å². The van der Waals surface area contributed by atoms with Gasteiger partial charge in [0, 0.05) is 50.4 Å². The predicted molar refractivity (Wildman–Crippen MR) is 76.3 cm³/mol. The summed E-state index contributed by atoms with van der Waals surface area (Å²) in [5.41, 5.74) is 0. The molecule has 2 aliphatic heterocycles. The highest BCUT2D eigenvalue weighted by Gasteiger charge is 2.19. The third-order valence-electron chi connectivity index (χ3n) is 2.68. The lowest BCUT2D eigenvalue weighted by Gasteiger charge is -2.25. The van der Waals surface area contributed by atoms with Gasteiger partial charge in [-0.2, -0.15) is 0 Å². The standard InChI is InChI=1S/C10H18N4O4S2/c15-9(11-19-13-1-5-17-6-2-13)10(16)12-20-14-3-7-18-8-4-14/h1-8H2,(H,11,15)(H,12,16). The van der Waals surface area contributed by atoms with Crippen LogP contribution in [0, 0.1) is 0 Å². The van der Waals surface area contributed by atoms with Gasteiger partial charge in [-0.15, -0.1) is 0 Å². The smallest absolute Gasteiger partial charge is 0.321 e. The molecule has 20 heavy (non-hydrogen) atoms. The number of nitrogens with one attached hydrogen (secondary N) is 2. The molecule has 114 valence electrons. The largest absolute Gasteiger partial charge is 0.379 e. The molecule has 0 unspecified atom stereocenters. The number of amides is 2. The normalized spacial score (nSPS) is 21.4. The molecular formula is C10H18N4O4S2. The van der Waals surface area contributed by atoms with Crippen molar-refractivity contribution in [3.8, 4) is 0 Å². The molecule has 2 heterocycles. The first kappa shape index (κ1) is 15.9. The van der Waals surface area contributed by atoms with Gasteiger partial charge >= 0.3 is 11.8 Å². The summed E-state index contributed by atoms with van der Waals surface area (Å²) in [6.07, 6.45) is 0. The third kappa shape index (κ3) is 5.46. The van der Waals surface area contributed by atoms with E-state index in [1.165, 1.54) is 0 Å². The molecule has 0 bridgehead atoms. The van der Waals surface area contributed by atoms with E-state index in [0.29, 0.717) is 26.4 Å². The highest BCUT2D eigenvalue weighted by molar-refractivity contribution is 7.96. The van der Waals surface area contributed by atoms with Crippen molar-refractivity contribution in [3.63, 3.8) is 0 Å². The molecule has 0 spiro atoms. The number of nitrogens with zero attached hydrogens (tertiary/aromatic N) is 2. The number of carbonyl (C=O) groups excluding carboxylic acids is 2. The minimum Gasteiger partial charge on any atom is -0.379 e. The molecule has 2 aliphatic rings. The van der Waals surface area contributed by atoms with Gasteiger partial charge in [-0.3, -0.25) is 19.0 Å². The first-order valence-corrected chi connectivity index (χ1v) is 7.90.